The molecule has 4 saturated carbocycles. The number of hydrogen-bond donors (Lipinski definition) is 2. The van der Waals surface area contributed by atoms with E-state index in [0.29, 0.717) is 17.3 Å². The summed E-state index contributed by atoms with van der Waals surface area (Å²) in [6.45, 7) is 0. The molecule has 0 radical (unpaired) electrons. The largest absolute Gasteiger partial charge is 0.273 e. The van der Waals surface area contributed by atoms with Gasteiger partial charge in [0.2, 0.25) is 11.8 Å². The van der Waals surface area contributed by atoms with Crippen LogP contribution in [-0.2, 0) is 9.59 Å². The first-order chi connectivity index (χ1) is 9.21. The summed E-state index contributed by atoms with van der Waals surface area (Å²) < 4.78 is 0. The molecule has 0 aliphatic heterocycles. The monoisotopic (exact) mass is 262 g/mol. The fourth-order valence-corrected chi connectivity index (χ4v) is 4.58. The van der Waals surface area contributed by atoms with Crippen LogP contribution in [-0.4, -0.2) is 11.8 Å². The number of rotatable bonds is 2. The molecule has 104 valence electrons. The molecule has 4 heteroatoms. The summed E-state index contributed by atoms with van der Waals surface area (Å²) in [6.07, 6.45) is 9.62. The topological polar surface area (TPSA) is 58.2 Å². The standard InChI is InChI=1S/C15H22N2O2/c18-13(11-8-15(11)6-3-7-15)16-17-14(19)12-9-4-1-2-5-10(9)12/h9-12H,1-8H2,(H,16,18)(H,17,19)/t9-,10+,11-,12?/m0/s1. The van der Waals surface area contributed by atoms with Crippen LogP contribution < -0.4 is 10.9 Å². The summed E-state index contributed by atoms with van der Waals surface area (Å²) in [7, 11) is 0. The van der Waals surface area contributed by atoms with Gasteiger partial charge < -0.3 is 0 Å². The lowest BCUT2D eigenvalue weighted by atomic mass is 9.80. The lowest BCUT2D eigenvalue weighted by Gasteiger charge is -2.26. The van der Waals surface area contributed by atoms with Crippen LogP contribution in [0.2, 0.25) is 0 Å². The molecule has 4 nitrogen and oxygen atoms in total. The zero-order chi connectivity index (χ0) is 13.0. The van der Waals surface area contributed by atoms with Crippen molar-refractivity contribution in [2.45, 2.75) is 51.4 Å². The van der Waals surface area contributed by atoms with Gasteiger partial charge in [-0.25, -0.2) is 0 Å². The van der Waals surface area contributed by atoms with Crippen molar-refractivity contribution < 1.29 is 9.59 Å². The average molecular weight is 262 g/mol. The molecule has 0 bridgehead atoms. The highest BCUT2D eigenvalue weighted by molar-refractivity contribution is 5.88. The Kier molecular flexibility index (Phi) is 2.45. The van der Waals surface area contributed by atoms with E-state index in [1.165, 1.54) is 44.9 Å². The first-order valence-electron chi connectivity index (χ1n) is 7.81. The molecule has 4 aliphatic rings. The predicted molar refractivity (Wildman–Crippen MR) is 69.6 cm³/mol. The van der Waals surface area contributed by atoms with Crippen LogP contribution >= 0.6 is 0 Å². The number of nitrogens with one attached hydrogen (secondary N) is 2. The molecule has 4 aliphatic carbocycles. The lowest BCUT2D eigenvalue weighted by molar-refractivity contribution is -0.131. The maximum Gasteiger partial charge on any atom is 0.242 e. The SMILES string of the molecule is O=C(NNC(=O)[C@@H]1CC12CCC2)C1[C@H]2CCCC[C@@H]12. The second kappa shape index (κ2) is 3.97. The summed E-state index contributed by atoms with van der Waals surface area (Å²) >= 11 is 0. The number of amides is 2. The van der Waals surface area contributed by atoms with Crippen molar-refractivity contribution in [1.29, 1.82) is 0 Å². The van der Waals surface area contributed by atoms with Crippen LogP contribution in [0.3, 0.4) is 0 Å². The van der Waals surface area contributed by atoms with Crippen LogP contribution in [0.4, 0.5) is 0 Å². The van der Waals surface area contributed by atoms with Crippen LogP contribution in [0.1, 0.15) is 51.4 Å². The average Bonchev–Trinajstić information content (AvgIpc) is 3.24. The maximum absolute atomic E-state index is 12.0. The highest BCUT2D eigenvalue weighted by Gasteiger charge is 2.61. The third-order valence-electron chi connectivity index (χ3n) is 6.12. The number of fused-ring (bicyclic) bond motifs is 1. The minimum absolute atomic E-state index is 0.0386. The molecular formula is C15H22N2O2. The minimum Gasteiger partial charge on any atom is -0.273 e. The van der Waals surface area contributed by atoms with Crippen LogP contribution in [0.25, 0.3) is 0 Å². The molecule has 0 aromatic carbocycles. The van der Waals surface area contributed by atoms with Crippen molar-refractivity contribution in [3.8, 4) is 0 Å². The molecule has 2 amide bonds. The fraction of sp³-hybridized carbons (Fsp3) is 0.867. The minimum atomic E-state index is 0.0386. The van der Waals surface area contributed by atoms with Crippen molar-refractivity contribution >= 4 is 11.8 Å². The van der Waals surface area contributed by atoms with Gasteiger partial charge in [-0.05, 0) is 49.4 Å². The lowest BCUT2D eigenvalue weighted by Crippen LogP contribution is -2.44. The third kappa shape index (κ3) is 1.79. The molecule has 19 heavy (non-hydrogen) atoms. The van der Waals surface area contributed by atoms with Gasteiger partial charge in [-0.2, -0.15) is 0 Å². The molecule has 0 aromatic rings. The van der Waals surface area contributed by atoms with E-state index in [0.717, 1.165) is 6.42 Å². The predicted octanol–water partition coefficient (Wildman–Crippen LogP) is 1.76. The van der Waals surface area contributed by atoms with Gasteiger partial charge in [0.1, 0.15) is 0 Å². The quantitative estimate of drug-likeness (QED) is 0.745. The highest BCUT2D eigenvalue weighted by Crippen LogP contribution is 2.65. The van der Waals surface area contributed by atoms with E-state index in [9.17, 15) is 9.59 Å². The summed E-state index contributed by atoms with van der Waals surface area (Å²) in [5.41, 5.74) is 5.67. The summed E-state index contributed by atoms with van der Waals surface area (Å²) in [5.74, 6) is 1.64. The van der Waals surface area contributed by atoms with Crippen molar-refractivity contribution in [3.63, 3.8) is 0 Å². The normalized spacial score (nSPS) is 40.8. The second-order valence-electron chi connectivity index (χ2n) is 7.09. The van der Waals surface area contributed by atoms with Gasteiger partial charge in [-0.1, -0.05) is 19.3 Å². The number of hydrogen-bond acceptors (Lipinski definition) is 2. The highest BCUT2D eigenvalue weighted by atomic mass is 16.2. The van der Waals surface area contributed by atoms with E-state index in [1.54, 1.807) is 0 Å². The second-order valence-corrected chi connectivity index (χ2v) is 7.09. The van der Waals surface area contributed by atoms with Gasteiger partial charge in [-0.15, -0.1) is 0 Å². The Balaban J connectivity index is 1.24. The molecule has 4 fully saturated rings. The van der Waals surface area contributed by atoms with Crippen molar-refractivity contribution in [2.75, 3.05) is 0 Å². The van der Waals surface area contributed by atoms with Crippen LogP contribution in [0.15, 0.2) is 0 Å². The van der Waals surface area contributed by atoms with E-state index in [1.807, 2.05) is 0 Å². The van der Waals surface area contributed by atoms with Crippen molar-refractivity contribution in [2.24, 2.45) is 29.1 Å². The fourth-order valence-electron chi connectivity index (χ4n) is 4.58. The number of hydrazine groups is 1. The van der Waals surface area contributed by atoms with Crippen molar-refractivity contribution in [1.82, 2.24) is 10.9 Å². The van der Waals surface area contributed by atoms with E-state index in [4.69, 9.17) is 0 Å². The Morgan fingerprint density at radius 1 is 0.895 bits per heavy atom. The zero-order valence-electron chi connectivity index (χ0n) is 11.3. The Bertz CT molecular complexity index is 418. The molecular weight excluding hydrogens is 240 g/mol. The smallest absolute Gasteiger partial charge is 0.242 e. The first-order valence-corrected chi connectivity index (χ1v) is 7.81. The Morgan fingerprint density at radius 2 is 1.53 bits per heavy atom. The van der Waals surface area contributed by atoms with Crippen molar-refractivity contribution in [3.05, 3.63) is 0 Å². The third-order valence-corrected chi connectivity index (χ3v) is 6.12. The van der Waals surface area contributed by atoms with Gasteiger partial charge in [0.05, 0.1) is 0 Å². The van der Waals surface area contributed by atoms with Gasteiger partial charge in [0, 0.05) is 11.8 Å². The Labute approximate surface area is 113 Å². The molecule has 2 N–H and O–H groups in total. The molecule has 1 spiro atoms. The number of carbonyl (C=O) groups excluding carboxylic acids is 2. The molecule has 1 unspecified atom stereocenters. The Hall–Kier alpha value is -1.06. The van der Waals surface area contributed by atoms with Crippen LogP contribution in [0.5, 0.6) is 0 Å². The summed E-state index contributed by atoms with van der Waals surface area (Å²) in [5, 5.41) is 0. The molecule has 4 atom stereocenters. The van der Waals surface area contributed by atoms with E-state index < -0.39 is 0 Å². The van der Waals surface area contributed by atoms with Gasteiger partial charge in [-0.3, -0.25) is 20.4 Å². The zero-order valence-corrected chi connectivity index (χ0v) is 11.3. The Morgan fingerprint density at radius 3 is 2.05 bits per heavy atom. The molecule has 4 rings (SSSR count). The maximum atomic E-state index is 12.0. The summed E-state index contributed by atoms with van der Waals surface area (Å²) in [4.78, 5) is 24.0. The first kappa shape index (κ1) is 11.7. The van der Waals surface area contributed by atoms with E-state index in [2.05, 4.69) is 10.9 Å². The molecule has 0 saturated heterocycles. The van der Waals surface area contributed by atoms with E-state index in [-0.39, 0.29) is 23.7 Å². The molecule has 0 aromatic heterocycles. The van der Waals surface area contributed by atoms with E-state index >= 15 is 0 Å². The van der Waals surface area contributed by atoms with Gasteiger partial charge in [0.15, 0.2) is 0 Å². The summed E-state index contributed by atoms with van der Waals surface area (Å²) in [6, 6.07) is 0. The number of carbonyl (C=O) groups is 2. The molecule has 0 heterocycles. The van der Waals surface area contributed by atoms with Crippen LogP contribution in [0, 0.1) is 29.1 Å². The van der Waals surface area contributed by atoms with Gasteiger partial charge >= 0.3 is 0 Å². The van der Waals surface area contributed by atoms with Gasteiger partial charge in [0.25, 0.3) is 0 Å².